The van der Waals surface area contributed by atoms with Gasteiger partial charge in [-0.2, -0.15) is 0 Å². The fraction of sp³-hybridized carbons (Fsp3) is 0.600. The minimum atomic E-state index is -4.02. The Labute approximate surface area is 141 Å². The molecule has 1 aromatic rings. The Morgan fingerprint density at radius 1 is 1.46 bits per heavy atom. The molecule has 0 saturated heterocycles. The van der Waals surface area contributed by atoms with E-state index in [0.717, 1.165) is 25.3 Å². The van der Waals surface area contributed by atoms with Crippen LogP contribution in [0.15, 0.2) is 23.1 Å². The summed E-state index contributed by atoms with van der Waals surface area (Å²) < 4.78 is 33.6. The average molecular weight is 357 g/mol. The smallest absolute Gasteiger partial charge is 0.271 e. The summed E-state index contributed by atoms with van der Waals surface area (Å²) in [6, 6.07) is 3.50. The number of methoxy groups -OCH3 is 1. The number of nitrogens with zero attached hydrogens (tertiary/aromatic N) is 1. The molecule has 8 nitrogen and oxygen atoms in total. The van der Waals surface area contributed by atoms with Crippen molar-refractivity contribution < 1.29 is 18.1 Å². The summed E-state index contributed by atoms with van der Waals surface area (Å²) in [4.78, 5) is 10.1. The van der Waals surface area contributed by atoms with Gasteiger partial charge in [-0.1, -0.05) is 19.8 Å². The highest BCUT2D eigenvalue weighted by Crippen LogP contribution is 2.36. The van der Waals surface area contributed by atoms with Gasteiger partial charge < -0.3 is 10.5 Å². The van der Waals surface area contributed by atoms with E-state index >= 15 is 0 Å². The summed E-state index contributed by atoms with van der Waals surface area (Å²) in [7, 11) is -2.70. The molecular weight excluding hydrogens is 334 g/mol. The molecule has 1 aliphatic rings. The molecule has 24 heavy (non-hydrogen) atoms. The summed E-state index contributed by atoms with van der Waals surface area (Å²) in [5, 5.41) is 11.0. The Morgan fingerprint density at radius 2 is 2.17 bits per heavy atom. The van der Waals surface area contributed by atoms with Crippen molar-refractivity contribution in [2.75, 3.05) is 13.7 Å². The number of rotatable bonds is 6. The lowest BCUT2D eigenvalue weighted by atomic mass is 9.74. The van der Waals surface area contributed by atoms with Crippen LogP contribution in [0.25, 0.3) is 0 Å². The van der Waals surface area contributed by atoms with Gasteiger partial charge in [0, 0.05) is 24.2 Å². The first kappa shape index (κ1) is 18.6. The summed E-state index contributed by atoms with van der Waals surface area (Å²) in [6.45, 7) is 2.14. The van der Waals surface area contributed by atoms with Crippen LogP contribution in [0, 0.1) is 16.0 Å². The molecule has 9 heteroatoms. The van der Waals surface area contributed by atoms with Gasteiger partial charge in [-0.25, -0.2) is 13.1 Å². The molecule has 1 aromatic carbocycles. The third-order valence-electron chi connectivity index (χ3n) is 4.80. The molecule has 1 fully saturated rings. The fourth-order valence-corrected chi connectivity index (χ4v) is 4.95. The maximum Gasteiger partial charge on any atom is 0.271 e. The number of nitrogens with two attached hydrogens (primary N) is 1. The zero-order valence-corrected chi connectivity index (χ0v) is 14.6. The Balaban J connectivity index is 2.46. The van der Waals surface area contributed by atoms with Crippen LogP contribution in [0.2, 0.25) is 0 Å². The van der Waals surface area contributed by atoms with E-state index in [-0.39, 0.29) is 28.8 Å². The summed E-state index contributed by atoms with van der Waals surface area (Å²) >= 11 is 0. The summed E-state index contributed by atoms with van der Waals surface area (Å²) in [6.07, 6.45) is 3.44. The summed E-state index contributed by atoms with van der Waals surface area (Å²) in [5.41, 5.74) is 4.84. The predicted octanol–water partition coefficient (Wildman–Crippen LogP) is 1.79. The molecule has 134 valence electrons. The molecule has 0 heterocycles. The fourth-order valence-electron chi connectivity index (χ4n) is 3.22. The van der Waals surface area contributed by atoms with E-state index in [0.29, 0.717) is 6.42 Å². The summed E-state index contributed by atoms with van der Waals surface area (Å²) in [5.74, 6) is 0.138. The SMILES string of the molecule is COc1ccc([N+](=O)[O-])cc1S(=O)(=O)NC1(CN)CCCCC1C. The largest absolute Gasteiger partial charge is 0.495 e. The van der Waals surface area contributed by atoms with Crippen LogP contribution in [0.3, 0.4) is 0 Å². The second-order valence-electron chi connectivity index (χ2n) is 6.20. The van der Waals surface area contributed by atoms with E-state index in [4.69, 9.17) is 10.5 Å². The first-order valence-electron chi connectivity index (χ1n) is 7.82. The number of hydrogen-bond acceptors (Lipinski definition) is 6. The molecule has 0 spiro atoms. The van der Waals surface area contributed by atoms with Crippen LogP contribution < -0.4 is 15.2 Å². The molecule has 1 saturated carbocycles. The maximum absolute atomic E-state index is 12.9. The van der Waals surface area contributed by atoms with Gasteiger partial charge in [0.25, 0.3) is 5.69 Å². The molecule has 0 aromatic heterocycles. The molecule has 0 radical (unpaired) electrons. The predicted molar refractivity (Wildman–Crippen MR) is 89.4 cm³/mol. The zero-order chi connectivity index (χ0) is 18.0. The number of nitro groups is 1. The number of benzene rings is 1. The van der Waals surface area contributed by atoms with Gasteiger partial charge in [-0.3, -0.25) is 10.1 Å². The number of nitrogens with one attached hydrogen (secondary N) is 1. The van der Waals surface area contributed by atoms with E-state index in [1.807, 2.05) is 6.92 Å². The van der Waals surface area contributed by atoms with Crippen LogP contribution in [-0.2, 0) is 10.0 Å². The van der Waals surface area contributed by atoms with E-state index in [1.165, 1.54) is 19.2 Å². The van der Waals surface area contributed by atoms with E-state index in [2.05, 4.69) is 4.72 Å². The highest BCUT2D eigenvalue weighted by Gasteiger charge is 2.41. The van der Waals surface area contributed by atoms with Crippen molar-refractivity contribution in [3.63, 3.8) is 0 Å². The third kappa shape index (κ3) is 3.52. The lowest BCUT2D eigenvalue weighted by Gasteiger charge is -2.42. The van der Waals surface area contributed by atoms with Crippen molar-refractivity contribution in [3.8, 4) is 5.75 Å². The molecule has 1 aliphatic carbocycles. The van der Waals surface area contributed by atoms with Crippen molar-refractivity contribution >= 4 is 15.7 Å². The molecular formula is C15H23N3O5S. The van der Waals surface area contributed by atoms with Gasteiger partial charge in [0.15, 0.2) is 0 Å². The van der Waals surface area contributed by atoms with Crippen molar-refractivity contribution in [3.05, 3.63) is 28.3 Å². The number of sulfonamides is 1. The second-order valence-corrected chi connectivity index (χ2v) is 7.86. The Hall–Kier alpha value is -1.71. The number of hydrogen-bond donors (Lipinski definition) is 2. The number of ether oxygens (including phenoxy) is 1. The van der Waals surface area contributed by atoms with Gasteiger partial charge >= 0.3 is 0 Å². The minimum Gasteiger partial charge on any atom is -0.495 e. The van der Waals surface area contributed by atoms with Crippen LogP contribution in [-0.4, -0.2) is 32.5 Å². The second kappa shape index (κ2) is 7.04. The van der Waals surface area contributed by atoms with Gasteiger partial charge in [0.2, 0.25) is 10.0 Å². The Morgan fingerprint density at radius 3 is 2.71 bits per heavy atom. The average Bonchev–Trinajstić information content (AvgIpc) is 2.56. The molecule has 3 N–H and O–H groups in total. The van der Waals surface area contributed by atoms with Gasteiger partial charge in [-0.15, -0.1) is 0 Å². The van der Waals surface area contributed by atoms with Crippen LogP contribution >= 0.6 is 0 Å². The topological polar surface area (TPSA) is 125 Å². The van der Waals surface area contributed by atoms with E-state index < -0.39 is 20.5 Å². The van der Waals surface area contributed by atoms with Crippen LogP contribution in [0.4, 0.5) is 5.69 Å². The van der Waals surface area contributed by atoms with Gasteiger partial charge in [-0.05, 0) is 24.8 Å². The van der Waals surface area contributed by atoms with Crippen molar-refractivity contribution in [1.29, 1.82) is 0 Å². The zero-order valence-electron chi connectivity index (χ0n) is 13.8. The lowest BCUT2D eigenvalue weighted by Crippen LogP contribution is -2.58. The Bertz CT molecular complexity index is 722. The first-order valence-corrected chi connectivity index (χ1v) is 9.30. The molecule has 0 bridgehead atoms. The number of nitro benzene ring substituents is 1. The molecule has 2 unspecified atom stereocenters. The van der Waals surface area contributed by atoms with Crippen LogP contribution in [0.1, 0.15) is 32.6 Å². The van der Waals surface area contributed by atoms with E-state index in [1.54, 1.807) is 0 Å². The highest BCUT2D eigenvalue weighted by molar-refractivity contribution is 7.89. The standard InChI is InChI=1S/C15H23N3O5S/c1-11-5-3-4-8-15(11,10-16)17-24(21,22)14-9-12(18(19)20)6-7-13(14)23-2/h6-7,9,11,17H,3-5,8,10,16H2,1-2H3. The van der Waals surface area contributed by atoms with Crippen molar-refractivity contribution in [1.82, 2.24) is 4.72 Å². The number of non-ortho nitro benzene ring substituents is 1. The molecule has 0 aliphatic heterocycles. The molecule has 2 rings (SSSR count). The van der Waals surface area contributed by atoms with Gasteiger partial charge in [0.05, 0.1) is 12.0 Å². The third-order valence-corrected chi connectivity index (χ3v) is 6.38. The lowest BCUT2D eigenvalue weighted by molar-refractivity contribution is -0.385. The van der Waals surface area contributed by atoms with Crippen molar-refractivity contribution in [2.45, 2.75) is 43.0 Å². The van der Waals surface area contributed by atoms with Gasteiger partial charge in [0.1, 0.15) is 10.6 Å². The molecule has 2 atom stereocenters. The highest BCUT2D eigenvalue weighted by atomic mass is 32.2. The normalized spacial score (nSPS) is 24.5. The van der Waals surface area contributed by atoms with E-state index in [9.17, 15) is 18.5 Å². The molecule has 0 amide bonds. The van der Waals surface area contributed by atoms with Crippen molar-refractivity contribution in [2.24, 2.45) is 11.7 Å². The maximum atomic E-state index is 12.9. The quantitative estimate of drug-likeness (QED) is 0.591. The van der Waals surface area contributed by atoms with Crippen LogP contribution in [0.5, 0.6) is 5.75 Å². The Kier molecular flexibility index (Phi) is 5.46. The monoisotopic (exact) mass is 357 g/mol. The minimum absolute atomic E-state index is 0.0590. The first-order chi connectivity index (χ1) is 11.3.